The highest BCUT2D eigenvalue weighted by molar-refractivity contribution is 7.15. The number of carboxylic acid groups (broad SMARTS) is 1. The molecule has 1 aliphatic heterocycles. The highest BCUT2D eigenvalue weighted by Crippen LogP contribution is 2.28. The van der Waals surface area contributed by atoms with E-state index in [9.17, 15) is 4.79 Å². The molecule has 1 N–H and O–H groups in total. The lowest BCUT2D eigenvalue weighted by atomic mass is 10.2. The molecule has 6 heteroatoms. The molecule has 0 saturated carbocycles. The maximum absolute atomic E-state index is 10.9. The van der Waals surface area contributed by atoms with Gasteiger partial charge in [0.2, 0.25) is 0 Å². The molecule has 0 spiro atoms. The van der Waals surface area contributed by atoms with Crippen molar-refractivity contribution in [2.45, 2.75) is 26.7 Å². The van der Waals surface area contributed by atoms with Crippen LogP contribution in [0.25, 0.3) is 0 Å². The first-order chi connectivity index (χ1) is 9.13. The van der Waals surface area contributed by atoms with Crippen molar-refractivity contribution in [2.24, 2.45) is 0 Å². The zero-order valence-electron chi connectivity index (χ0n) is 11.6. The molecule has 0 unspecified atom stereocenters. The Morgan fingerprint density at radius 3 is 2.53 bits per heavy atom. The fourth-order valence-electron chi connectivity index (χ4n) is 2.31. The predicted octanol–water partition coefficient (Wildman–Crippen LogP) is 1.47. The van der Waals surface area contributed by atoms with Crippen LogP contribution in [0.1, 0.15) is 24.4 Å². The summed E-state index contributed by atoms with van der Waals surface area (Å²) in [6.45, 7) is 9.39. The van der Waals surface area contributed by atoms with Gasteiger partial charge in [-0.15, -0.1) is 11.3 Å². The number of likely N-dealkylation sites (N-methyl/N-ethyl adjacent to an activating group) is 1. The summed E-state index contributed by atoms with van der Waals surface area (Å²) < 4.78 is 0. The third-order valence-electron chi connectivity index (χ3n) is 3.50. The number of aliphatic carboxylic acids is 1. The molecule has 0 bridgehead atoms. The first kappa shape index (κ1) is 14.3. The Labute approximate surface area is 117 Å². The lowest BCUT2D eigenvalue weighted by Crippen LogP contribution is -2.46. The smallest absolute Gasteiger partial charge is 0.308 e. The number of aryl methyl sites for hydroxylation is 1. The second-order valence-electron chi connectivity index (χ2n) is 4.71. The number of rotatable bonds is 5. The van der Waals surface area contributed by atoms with Crippen molar-refractivity contribution in [1.29, 1.82) is 0 Å². The Kier molecular flexibility index (Phi) is 4.76. The molecule has 2 rings (SSSR count). The molecule has 1 aromatic rings. The van der Waals surface area contributed by atoms with Gasteiger partial charge in [0.1, 0.15) is 0 Å². The second kappa shape index (κ2) is 6.34. The van der Waals surface area contributed by atoms with E-state index in [1.165, 1.54) is 0 Å². The quantitative estimate of drug-likeness (QED) is 0.887. The molecule has 1 aromatic heterocycles. The number of aromatic nitrogens is 1. The lowest BCUT2D eigenvalue weighted by Gasteiger charge is -2.33. The van der Waals surface area contributed by atoms with Crippen molar-refractivity contribution in [2.75, 3.05) is 37.6 Å². The van der Waals surface area contributed by atoms with E-state index in [0.717, 1.165) is 54.8 Å². The number of carbonyl (C=O) groups is 1. The van der Waals surface area contributed by atoms with E-state index in [4.69, 9.17) is 5.11 Å². The normalized spacial score (nSPS) is 16.8. The molecule has 0 radical (unpaired) electrons. The molecule has 0 aromatic carbocycles. The minimum Gasteiger partial charge on any atom is -0.481 e. The van der Waals surface area contributed by atoms with E-state index >= 15 is 0 Å². The Bertz CT molecular complexity index is 439. The van der Waals surface area contributed by atoms with Crippen LogP contribution in [0.5, 0.6) is 0 Å². The third-order valence-corrected chi connectivity index (χ3v) is 4.66. The van der Waals surface area contributed by atoms with Gasteiger partial charge >= 0.3 is 5.97 Å². The van der Waals surface area contributed by atoms with E-state index in [1.54, 1.807) is 11.3 Å². The fourth-order valence-corrected chi connectivity index (χ4v) is 3.50. The summed E-state index contributed by atoms with van der Waals surface area (Å²) >= 11 is 1.54. The monoisotopic (exact) mass is 283 g/mol. The summed E-state index contributed by atoms with van der Waals surface area (Å²) in [5.41, 5.74) is 0.945. The molecule has 19 heavy (non-hydrogen) atoms. The fraction of sp³-hybridized carbons (Fsp3) is 0.692. The molecule has 1 aliphatic rings. The van der Waals surface area contributed by atoms with Gasteiger partial charge in [0.05, 0.1) is 12.1 Å². The van der Waals surface area contributed by atoms with Crippen LogP contribution >= 0.6 is 11.3 Å². The van der Waals surface area contributed by atoms with E-state index in [-0.39, 0.29) is 6.42 Å². The number of anilines is 1. The van der Waals surface area contributed by atoms with Gasteiger partial charge in [-0.1, -0.05) is 13.8 Å². The molecule has 1 fully saturated rings. The number of piperazine rings is 1. The highest BCUT2D eigenvalue weighted by Gasteiger charge is 2.21. The highest BCUT2D eigenvalue weighted by atomic mass is 32.1. The van der Waals surface area contributed by atoms with Crippen LogP contribution in [0.2, 0.25) is 0 Å². The summed E-state index contributed by atoms with van der Waals surface area (Å²) in [6.07, 6.45) is 0.893. The third kappa shape index (κ3) is 3.45. The molecule has 1 saturated heterocycles. The van der Waals surface area contributed by atoms with E-state index in [2.05, 4.69) is 21.7 Å². The minimum atomic E-state index is -0.777. The Hall–Kier alpha value is -1.14. The van der Waals surface area contributed by atoms with Gasteiger partial charge in [-0.2, -0.15) is 0 Å². The largest absolute Gasteiger partial charge is 0.481 e. The summed E-state index contributed by atoms with van der Waals surface area (Å²) in [7, 11) is 0. The number of thiazole rings is 1. The van der Waals surface area contributed by atoms with Crippen LogP contribution in [-0.4, -0.2) is 53.7 Å². The van der Waals surface area contributed by atoms with Crippen molar-refractivity contribution in [3.8, 4) is 0 Å². The minimum absolute atomic E-state index is 0.0930. The molecular weight excluding hydrogens is 262 g/mol. The molecule has 0 aliphatic carbocycles. The zero-order valence-corrected chi connectivity index (χ0v) is 12.4. The maximum Gasteiger partial charge on any atom is 0.308 e. The predicted molar refractivity (Wildman–Crippen MR) is 77.2 cm³/mol. The van der Waals surface area contributed by atoms with Crippen molar-refractivity contribution in [3.63, 3.8) is 0 Å². The zero-order chi connectivity index (χ0) is 13.8. The van der Waals surface area contributed by atoms with Gasteiger partial charge < -0.3 is 14.9 Å². The number of hydrogen-bond donors (Lipinski definition) is 1. The van der Waals surface area contributed by atoms with Gasteiger partial charge in [0.15, 0.2) is 5.13 Å². The second-order valence-corrected chi connectivity index (χ2v) is 5.77. The maximum atomic E-state index is 10.9. The average Bonchev–Trinajstić information content (AvgIpc) is 2.81. The van der Waals surface area contributed by atoms with Crippen LogP contribution in [-0.2, 0) is 17.6 Å². The van der Waals surface area contributed by atoms with Crippen LogP contribution in [0.3, 0.4) is 0 Å². The topological polar surface area (TPSA) is 56.7 Å². The van der Waals surface area contributed by atoms with Gasteiger partial charge in [0.25, 0.3) is 0 Å². The first-order valence-corrected chi connectivity index (χ1v) is 7.63. The molecule has 5 nitrogen and oxygen atoms in total. The Balaban J connectivity index is 2.08. The Morgan fingerprint density at radius 1 is 1.32 bits per heavy atom. The van der Waals surface area contributed by atoms with Crippen LogP contribution < -0.4 is 4.90 Å². The van der Waals surface area contributed by atoms with Gasteiger partial charge in [0, 0.05) is 31.1 Å². The summed E-state index contributed by atoms with van der Waals surface area (Å²) in [5.74, 6) is -0.777. The van der Waals surface area contributed by atoms with Crippen molar-refractivity contribution in [1.82, 2.24) is 9.88 Å². The molecule has 106 valence electrons. The number of hydrogen-bond acceptors (Lipinski definition) is 5. The van der Waals surface area contributed by atoms with E-state index in [0.29, 0.717) is 0 Å². The first-order valence-electron chi connectivity index (χ1n) is 6.81. The number of nitrogens with zero attached hydrogens (tertiary/aromatic N) is 3. The van der Waals surface area contributed by atoms with E-state index in [1.807, 2.05) is 6.92 Å². The standard InChI is InChI=1S/C13H21N3O2S/c1-3-10-11(9-12(17)18)19-13(14-10)16-7-5-15(4-2)6-8-16/h3-9H2,1-2H3,(H,17,18). The van der Waals surface area contributed by atoms with Gasteiger partial charge in [-0.05, 0) is 13.0 Å². The summed E-state index contributed by atoms with van der Waals surface area (Å²) in [6, 6.07) is 0. The summed E-state index contributed by atoms with van der Waals surface area (Å²) in [4.78, 5) is 21.1. The number of carboxylic acids is 1. The van der Waals surface area contributed by atoms with Crippen LogP contribution in [0, 0.1) is 0 Å². The van der Waals surface area contributed by atoms with Gasteiger partial charge in [-0.3, -0.25) is 4.79 Å². The van der Waals surface area contributed by atoms with Crippen molar-refractivity contribution >= 4 is 22.4 Å². The molecule has 2 heterocycles. The Morgan fingerprint density at radius 2 is 2.00 bits per heavy atom. The van der Waals surface area contributed by atoms with Gasteiger partial charge in [-0.25, -0.2) is 4.98 Å². The van der Waals surface area contributed by atoms with Crippen LogP contribution in [0.15, 0.2) is 0 Å². The summed E-state index contributed by atoms with van der Waals surface area (Å²) in [5, 5.41) is 9.92. The molecular formula is C13H21N3O2S. The van der Waals surface area contributed by atoms with Crippen molar-refractivity contribution < 1.29 is 9.90 Å². The van der Waals surface area contributed by atoms with E-state index < -0.39 is 5.97 Å². The average molecular weight is 283 g/mol. The lowest BCUT2D eigenvalue weighted by molar-refractivity contribution is -0.136. The molecule has 0 amide bonds. The van der Waals surface area contributed by atoms with Crippen molar-refractivity contribution in [3.05, 3.63) is 10.6 Å². The SMILES string of the molecule is CCc1nc(N2CCN(CC)CC2)sc1CC(=O)O. The van der Waals surface area contributed by atoms with Crippen LogP contribution in [0.4, 0.5) is 5.13 Å². The molecule has 0 atom stereocenters.